The zero-order valence-electron chi connectivity index (χ0n) is 11.6. The van der Waals surface area contributed by atoms with Crippen LogP contribution in [0.15, 0.2) is 0 Å². The Kier molecular flexibility index (Phi) is 5.97. The van der Waals surface area contributed by atoms with Gasteiger partial charge in [-0.15, -0.1) is 0 Å². The van der Waals surface area contributed by atoms with Crippen LogP contribution in [0, 0.1) is 5.41 Å². The minimum atomic E-state index is -0.866. The van der Waals surface area contributed by atoms with Gasteiger partial charge < -0.3 is 10.4 Å². The van der Waals surface area contributed by atoms with E-state index in [1.807, 2.05) is 6.92 Å². The minimum absolute atomic E-state index is 0.0574. The second-order valence-electron chi connectivity index (χ2n) is 5.50. The fourth-order valence-electron chi connectivity index (χ4n) is 2.57. The first-order chi connectivity index (χ1) is 8.85. The highest BCUT2D eigenvalue weighted by Crippen LogP contribution is 2.41. The van der Waals surface area contributed by atoms with Gasteiger partial charge in [0, 0.05) is 35.3 Å². The van der Waals surface area contributed by atoms with Crippen LogP contribution in [-0.4, -0.2) is 39.2 Å². The van der Waals surface area contributed by atoms with Crippen LogP contribution in [0.4, 0.5) is 0 Å². The van der Waals surface area contributed by atoms with Gasteiger partial charge in [0.1, 0.15) is 0 Å². The molecule has 1 aliphatic carbocycles. The Hall–Kier alpha value is -0.910. The number of aliphatic carboxylic acids is 1. The topological polar surface area (TPSA) is 83.5 Å². The highest BCUT2D eigenvalue weighted by molar-refractivity contribution is 7.84. The van der Waals surface area contributed by atoms with Gasteiger partial charge in [-0.1, -0.05) is 12.8 Å². The number of hydrogen-bond donors (Lipinski definition) is 2. The van der Waals surface area contributed by atoms with Crippen LogP contribution in [0.2, 0.25) is 0 Å². The van der Waals surface area contributed by atoms with Crippen molar-refractivity contribution in [2.75, 3.05) is 12.0 Å². The molecule has 2 atom stereocenters. The van der Waals surface area contributed by atoms with Crippen molar-refractivity contribution in [3.05, 3.63) is 0 Å². The van der Waals surface area contributed by atoms with Gasteiger partial charge in [-0.05, 0) is 26.2 Å². The fraction of sp³-hybridized carbons (Fsp3) is 0.846. The summed E-state index contributed by atoms with van der Waals surface area (Å²) in [6.45, 7) is 1.85. The number of hydrogen-bond acceptors (Lipinski definition) is 3. The molecule has 19 heavy (non-hydrogen) atoms. The van der Waals surface area contributed by atoms with E-state index in [1.165, 1.54) is 0 Å². The molecule has 6 heteroatoms. The van der Waals surface area contributed by atoms with Crippen molar-refractivity contribution < 1.29 is 18.9 Å². The molecule has 0 spiro atoms. The number of rotatable bonds is 7. The Morgan fingerprint density at radius 1 is 1.37 bits per heavy atom. The highest BCUT2D eigenvalue weighted by atomic mass is 32.2. The second-order valence-corrected chi connectivity index (χ2v) is 7.06. The van der Waals surface area contributed by atoms with Crippen molar-refractivity contribution in [2.24, 2.45) is 5.41 Å². The first-order valence-electron chi connectivity index (χ1n) is 6.68. The normalized spacial score (nSPS) is 20.7. The summed E-state index contributed by atoms with van der Waals surface area (Å²) in [5, 5.41) is 12.1. The molecule has 1 amide bonds. The molecule has 2 N–H and O–H groups in total. The Morgan fingerprint density at radius 3 is 2.42 bits per heavy atom. The van der Waals surface area contributed by atoms with E-state index in [9.17, 15) is 18.9 Å². The Morgan fingerprint density at radius 2 is 1.95 bits per heavy atom. The number of carboxylic acid groups (broad SMARTS) is 1. The van der Waals surface area contributed by atoms with Crippen LogP contribution >= 0.6 is 0 Å². The Bertz CT molecular complexity index is 364. The van der Waals surface area contributed by atoms with E-state index in [-0.39, 0.29) is 18.4 Å². The van der Waals surface area contributed by atoms with Crippen LogP contribution in [0.3, 0.4) is 0 Å². The SMILES string of the molecule is CC(CCS(C)=O)NC(=O)CC1(C(=O)O)CCCC1. The summed E-state index contributed by atoms with van der Waals surface area (Å²) in [7, 11) is -0.866. The minimum Gasteiger partial charge on any atom is -0.481 e. The van der Waals surface area contributed by atoms with Crippen molar-refractivity contribution in [1.82, 2.24) is 5.32 Å². The Labute approximate surface area is 116 Å². The third kappa shape index (κ3) is 4.93. The molecule has 0 aromatic heterocycles. The first-order valence-corrected chi connectivity index (χ1v) is 8.41. The number of nitrogens with one attached hydrogen (secondary N) is 1. The average Bonchev–Trinajstić information content (AvgIpc) is 2.76. The number of carbonyl (C=O) groups is 2. The third-order valence-corrected chi connectivity index (χ3v) is 4.57. The first kappa shape index (κ1) is 16.1. The van der Waals surface area contributed by atoms with Gasteiger partial charge in [-0.25, -0.2) is 0 Å². The summed E-state index contributed by atoms with van der Waals surface area (Å²) < 4.78 is 11.0. The van der Waals surface area contributed by atoms with Crippen LogP contribution in [0.25, 0.3) is 0 Å². The van der Waals surface area contributed by atoms with E-state index in [0.717, 1.165) is 12.8 Å². The molecule has 1 saturated carbocycles. The summed E-state index contributed by atoms with van der Waals surface area (Å²) in [6, 6.07) is -0.0661. The lowest BCUT2D eigenvalue weighted by molar-refractivity contribution is -0.151. The lowest BCUT2D eigenvalue weighted by Crippen LogP contribution is -2.39. The van der Waals surface area contributed by atoms with Gasteiger partial charge in [0.15, 0.2) is 0 Å². The van der Waals surface area contributed by atoms with Gasteiger partial charge in [0.05, 0.1) is 5.41 Å². The molecular weight excluding hydrogens is 266 g/mol. The summed E-state index contributed by atoms with van der Waals surface area (Å²) >= 11 is 0. The summed E-state index contributed by atoms with van der Waals surface area (Å²) in [4.78, 5) is 23.3. The predicted molar refractivity (Wildman–Crippen MR) is 74.3 cm³/mol. The molecule has 110 valence electrons. The lowest BCUT2D eigenvalue weighted by Gasteiger charge is -2.24. The molecule has 0 radical (unpaired) electrons. The molecule has 1 rings (SSSR count). The van der Waals surface area contributed by atoms with E-state index < -0.39 is 22.2 Å². The quantitative estimate of drug-likeness (QED) is 0.740. The molecular formula is C13H23NO4S. The van der Waals surface area contributed by atoms with Crippen molar-refractivity contribution in [1.29, 1.82) is 0 Å². The number of amides is 1. The van der Waals surface area contributed by atoms with Crippen molar-refractivity contribution >= 4 is 22.7 Å². The van der Waals surface area contributed by atoms with Gasteiger partial charge >= 0.3 is 5.97 Å². The maximum absolute atomic E-state index is 11.9. The molecule has 2 unspecified atom stereocenters. The van der Waals surface area contributed by atoms with Crippen molar-refractivity contribution in [2.45, 2.75) is 51.5 Å². The summed E-state index contributed by atoms with van der Waals surface area (Å²) in [6.07, 6.45) is 5.27. The molecule has 0 heterocycles. The molecule has 5 nitrogen and oxygen atoms in total. The van der Waals surface area contributed by atoms with Crippen molar-refractivity contribution in [3.63, 3.8) is 0 Å². The Balaban J connectivity index is 2.45. The third-order valence-electron chi connectivity index (χ3n) is 3.76. The molecule has 0 saturated heterocycles. The smallest absolute Gasteiger partial charge is 0.310 e. The van der Waals surface area contributed by atoms with Crippen molar-refractivity contribution in [3.8, 4) is 0 Å². The van der Waals surface area contributed by atoms with Gasteiger partial charge in [0.2, 0.25) is 5.91 Å². The monoisotopic (exact) mass is 289 g/mol. The maximum Gasteiger partial charge on any atom is 0.310 e. The zero-order chi connectivity index (χ0) is 14.5. The van der Waals surface area contributed by atoms with E-state index in [1.54, 1.807) is 6.26 Å². The van der Waals surface area contributed by atoms with Crippen LogP contribution < -0.4 is 5.32 Å². The highest BCUT2D eigenvalue weighted by Gasteiger charge is 2.43. The zero-order valence-corrected chi connectivity index (χ0v) is 12.4. The molecule has 0 aromatic rings. The van der Waals surface area contributed by atoms with Gasteiger partial charge in [0.25, 0.3) is 0 Å². The standard InChI is InChI=1S/C13H23NO4S/c1-10(5-8-19(2)18)14-11(15)9-13(12(16)17)6-3-4-7-13/h10H,3-9H2,1-2H3,(H,14,15)(H,16,17). The maximum atomic E-state index is 11.9. The van der Waals surface area contributed by atoms with Crippen LogP contribution in [0.5, 0.6) is 0 Å². The summed E-state index contributed by atoms with van der Waals surface area (Å²) in [5.41, 5.74) is -0.864. The molecule has 1 fully saturated rings. The fourth-order valence-corrected chi connectivity index (χ4v) is 3.25. The second kappa shape index (κ2) is 7.03. The van der Waals surface area contributed by atoms with E-state index in [4.69, 9.17) is 0 Å². The van der Waals surface area contributed by atoms with Gasteiger partial charge in [-0.3, -0.25) is 13.8 Å². The van der Waals surface area contributed by atoms with E-state index in [0.29, 0.717) is 25.0 Å². The number of carbonyl (C=O) groups excluding carboxylic acids is 1. The molecule has 0 aliphatic heterocycles. The van der Waals surface area contributed by atoms with E-state index in [2.05, 4.69) is 5.32 Å². The van der Waals surface area contributed by atoms with Gasteiger partial charge in [-0.2, -0.15) is 0 Å². The lowest BCUT2D eigenvalue weighted by atomic mass is 9.82. The van der Waals surface area contributed by atoms with Crippen LogP contribution in [-0.2, 0) is 20.4 Å². The average molecular weight is 289 g/mol. The summed E-state index contributed by atoms with van der Waals surface area (Å²) in [5.74, 6) is -0.521. The number of carboxylic acids is 1. The predicted octanol–water partition coefficient (Wildman–Crippen LogP) is 1.29. The largest absolute Gasteiger partial charge is 0.481 e. The van der Waals surface area contributed by atoms with Crippen LogP contribution in [0.1, 0.15) is 45.4 Å². The molecule has 1 aliphatic rings. The molecule has 0 aromatic carbocycles. The molecule has 0 bridgehead atoms. The van der Waals surface area contributed by atoms with E-state index >= 15 is 0 Å².